The highest BCUT2D eigenvalue weighted by molar-refractivity contribution is 6.00. The molecular weight excluding hydrogens is 224 g/mol. The highest BCUT2D eigenvalue weighted by Gasteiger charge is 2.26. The second kappa shape index (κ2) is 5.42. The summed E-state index contributed by atoms with van der Waals surface area (Å²) < 4.78 is 0. The first-order chi connectivity index (χ1) is 8.61. The molecule has 0 aliphatic heterocycles. The predicted octanol–water partition coefficient (Wildman–Crippen LogP) is 2.89. The standard InChI is InChI=1S/C15H22N2O/c1-3-12(9-11-7-8-11)17-15(18)14-10(2)5-4-6-13(14)16/h4-6,11-12H,3,7-9,16H2,1-2H3,(H,17,18). The number of rotatable bonds is 5. The summed E-state index contributed by atoms with van der Waals surface area (Å²) in [4.78, 5) is 12.3. The van der Waals surface area contributed by atoms with Gasteiger partial charge in [0, 0.05) is 11.7 Å². The van der Waals surface area contributed by atoms with Crippen molar-refractivity contribution in [3.8, 4) is 0 Å². The van der Waals surface area contributed by atoms with Gasteiger partial charge in [-0.3, -0.25) is 4.79 Å². The maximum absolute atomic E-state index is 12.3. The molecule has 1 aromatic rings. The van der Waals surface area contributed by atoms with Gasteiger partial charge in [-0.15, -0.1) is 0 Å². The minimum Gasteiger partial charge on any atom is -0.398 e. The SMILES string of the molecule is CCC(CC1CC1)NC(=O)c1c(C)cccc1N. The zero-order valence-corrected chi connectivity index (χ0v) is 11.2. The second-order valence-electron chi connectivity index (χ2n) is 5.30. The van der Waals surface area contributed by atoms with Crippen LogP contribution in [0.4, 0.5) is 5.69 Å². The van der Waals surface area contributed by atoms with Crippen LogP contribution < -0.4 is 11.1 Å². The number of carbonyl (C=O) groups is 1. The quantitative estimate of drug-likeness (QED) is 0.785. The van der Waals surface area contributed by atoms with E-state index in [0.717, 1.165) is 24.3 Å². The molecule has 1 aliphatic carbocycles. The molecule has 1 fully saturated rings. The van der Waals surface area contributed by atoms with Crippen molar-refractivity contribution in [2.45, 2.75) is 45.6 Å². The first-order valence-electron chi connectivity index (χ1n) is 6.77. The van der Waals surface area contributed by atoms with E-state index in [-0.39, 0.29) is 11.9 Å². The van der Waals surface area contributed by atoms with Gasteiger partial charge >= 0.3 is 0 Å². The second-order valence-corrected chi connectivity index (χ2v) is 5.30. The Balaban J connectivity index is 2.05. The Bertz CT molecular complexity index is 418. The number of hydrogen-bond donors (Lipinski definition) is 2. The van der Waals surface area contributed by atoms with Crippen LogP contribution in [0.2, 0.25) is 0 Å². The van der Waals surface area contributed by atoms with Crippen LogP contribution in [-0.2, 0) is 0 Å². The van der Waals surface area contributed by atoms with Crippen LogP contribution in [0.3, 0.4) is 0 Å². The predicted molar refractivity (Wildman–Crippen MR) is 74.5 cm³/mol. The first-order valence-corrected chi connectivity index (χ1v) is 6.77. The van der Waals surface area contributed by atoms with Crippen LogP contribution in [0.1, 0.15) is 48.5 Å². The van der Waals surface area contributed by atoms with E-state index < -0.39 is 0 Å². The Morgan fingerprint density at radius 2 is 2.22 bits per heavy atom. The van der Waals surface area contributed by atoms with Gasteiger partial charge in [-0.2, -0.15) is 0 Å². The zero-order valence-electron chi connectivity index (χ0n) is 11.2. The lowest BCUT2D eigenvalue weighted by atomic mass is 10.0. The van der Waals surface area contributed by atoms with Crippen molar-refractivity contribution in [3.05, 3.63) is 29.3 Å². The molecule has 1 saturated carbocycles. The fourth-order valence-corrected chi connectivity index (χ4v) is 2.34. The van der Waals surface area contributed by atoms with Crippen molar-refractivity contribution in [1.29, 1.82) is 0 Å². The van der Waals surface area contributed by atoms with Crippen molar-refractivity contribution >= 4 is 11.6 Å². The molecule has 3 nitrogen and oxygen atoms in total. The average Bonchev–Trinajstić information content (AvgIpc) is 3.11. The van der Waals surface area contributed by atoms with E-state index in [1.807, 2.05) is 19.1 Å². The number of nitrogens with one attached hydrogen (secondary N) is 1. The third-order valence-electron chi connectivity index (χ3n) is 3.67. The average molecular weight is 246 g/mol. The third-order valence-corrected chi connectivity index (χ3v) is 3.67. The minimum absolute atomic E-state index is 0.0295. The number of anilines is 1. The molecule has 1 unspecified atom stereocenters. The summed E-state index contributed by atoms with van der Waals surface area (Å²) in [5, 5.41) is 3.12. The minimum atomic E-state index is -0.0295. The largest absolute Gasteiger partial charge is 0.398 e. The maximum Gasteiger partial charge on any atom is 0.253 e. The molecule has 98 valence electrons. The highest BCUT2D eigenvalue weighted by atomic mass is 16.1. The number of carbonyl (C=O) groups excluding carboxylic acids is 1. The maximum atomic E-state index is 12.3. The van der Waals surface area contributed by atoms with Crippen LogP contribution in [0.25, 0.3) is 0 Å². The smallest absolute Gasteiger partial charge is 0.253 e. The van der Waals surface area contributed by atoms with E-state index in [1.165, 1.54) is 12.8 Å². The van der Waals surface area contributed by atoms with Gasteiger partial charge in [-0.25, -0.2) is 0 Å². The molecule has 0 saturated heterocycles. The Kier molecular flexibility index (Phi) is 3.90. The molecule has 0 radical (unpaired) electrons. The lowest BCUT2D eigenvalue weighted by Gasteiger charge is -2.18. The zero-order chi connectivity index (χ0) is 13.1. The van der Waals surface area contributed by atoms with Crippen LogP contribution in [-0.4, -0.2) is 11.9 Å². The van der Waals surface area contributed by atoms with Gasteiger partial charge in [0.05, 0.1) is 5.56 Å². The van der Waals surface area contributed by atoms with E-state index >= 15 is 0 Å². The van der Waals surface area contributed by atoms with E-state index in [4.69, 9.17) is 5.73 Å². The number of amides is 1. The Morgan fingerprint density at radius 3 is 2.78 bits per heavy atom. The number of nitrogen functional groups attached to an aromatic ring is 1. The number of nitrogens with two attached hydrogens (primary N) is 1. The summed E-state index contributed by atoms with van der Waals surface area (Å²) in [7, 11) is 0. The van der Waals surface area contributed by atoms with E-state index in [9.17, 15) is 4.79 Å². The van der Waals surface area contributed by atoms with Crippen LogP contribution >= 0.6 is 0 Å². The molecular formula is C15H22N2O. The molecule has 0 heterocycles. The lowest BCUT2D eigenvalue weighted by molar-refractivity contribution is 0.0933. The van der Waals surface area contributed by atoms with E-state index in [2.05, 4.69) is 12.2 Å². The normalized spacial score (nSPS) is 16.3. The molecule has 0 spiro atoms. The van der Waals surface area contributed by atoms with Gasteiger partial charge in [-0.05, 0) is 37.3 Å². The van der Waals surface area contributed by atoms with Crippen molar-refractivity contribution < 1.29 is 4.79 Å². The molecule has 1 amide bonds. The molecule has 1 aromatic carbocycles. The van der Waals surface area contributed by atoms with Crippen LogP contribution in [0.15, 0.2) is 18.2 Å². The molecule has 0 aromatic heterocycles. The van der Waals surface area contributed by atoms with Gasteiger partial charge in [0.25, 0.3) is 5.91 Å². The molecule has 2 rings (SSSR count). The Labute approximate surface area is 109 Å². The van der Waals surface area contributed by atoms with Gasteiger partial charge in [0.2, 0.25) is 0 Å². The Hall–Kier alpha value is -1.51. The molecule has 3 N–H and O–H groups in total. The van der Waals surface area contributed by atoms with Crippen molar-refractivity contribution in [3.63, 3.8) is 0 Å². The molecule has 1 aliphatic rings. The van der Waals surface area contributed by atoms with Crippen molar-refractivity contribution in [2.24, 2.45) is 5.92 Å². The van der Waals surface area contributed by atoms with Crippen LogP contribution in [0.5, 0.6) is 0 Å². The van der Waals surface area contributed by atoms with E-state index in [1.54, 1.807) is 6.07 Å². The summed E-state index contributed by atoms with van der Waals surface area (Å²) in [6.45, 7) is 4.04. The van der Waals surface area contributed by atoms with Gasteiger partial charge in [-0.1, -0.05) is 31.9 Å². The van der Waals surface area contributed by atoms with Crippen LogP contribution in [0, 0.1) is 12.8 Å². The van der Waals surface area contributed by atoms with E-state index in [0.29, 0.717) is 11.3 Å². The lowest BCUT2D eigenvalue weighted by Crippen LogP contribution is -2.35. The monoisotopic (exact) mass is 246 g/mol. The molecule has 3 heteroatoms. The van der Waals surface area contributed by atoms with Gasteiger partial charge < -0.3 is 11.1 Å². The summed E-state index contributed by atoms with van der Waals surface area (Å²) in [5.41, 5.74) is 8.03. The third kappa shape index (κ3) is 3.03. The Morgan fingerprint density at radius 1 is 1.50 bits per heavy atom. The summed E-state index contributed by atoms with van der Waals surface area (Å²) in [6.07, 6.45) is 4.72. The van der Waals surface area contributed by atoms with Crippen molar-refractivity contribution in [1.82, 2.24) is 5.32 Å². The topological polar surface area (TPSA) is 55.1 Å². The fourth-order valence-electron chi connectivity index (χ4n) is 2.34. The fraction of sp³-hybridized carbons (Fsp3) is 0.533. The van der Waals surface area contributed by atoms with Crippen molar-refractivity contribution in [2.75, 3.05) is 5.73 Å². The highest BCUT2D eigenvalue weighted by Crippen LogP contribution is 2.34. The molecule has 0 bridgehead atoms. The summed E-state index contributed by atoms with van der Waals surface area (Å²) >= 11 is 0. The molecule has 1 atom stereocenters. The first kappa shape index (κ1) is 12.9. The number of benzene rings is 1. The number of aryl methyl sites for hydroxylation is 1. The summed E-state index contributed by atoms with van der Waals surface area (Å²) in [5.74, 6) is 0.794. The molecule has 18 heavy (non-hydrogen) atoms. The summed E-state index contributed by atoms with van der Waals surface area (Å²) in [6, 6.07) is 5.86. The van der Waals surface area contributed by atoms with Gasteiger partial charge in [0.15, 0.2) is 0 Å². The van der Waals surface area contributed by atoms with Gasteiger partial charge in [0.1, 0.15) is 0 Å². The number of hydrogen-bond acceptors (Lipinski definition) is 2.